The van der Waals surface area contributed by atoms with Crippen LogP contribution >= 0.6 is 0 Å². The molecule has 106 valence electrons. The van der Waals surface area contributed by atoms with Crippen LogP contribution in [0.1, 0.15) is 33.1 Å². The molecule has 2 fully saturated rings. The smallest absolute Gasteiger partial charge is 0.214 e. The second-order valence-corrected chi connectivity index (χ2v) is 7.27. The lowest BCUT2D eigenvalue weighted by molar-refractivity contribution is -0.177. The van der Waals surface area contributed by atoms with E-state index < -0.39 is 10.0 Å². The van der Waals surface area contributed by atoms with Crippen molar-refractivity contribution in [3.8, 4) is 0 Å². The Morgan fingerprint density at radius 1 is 1.39 bits per heavy atom. The van der Waals surface area contributed by atoms with Crippen LogP contribution in [0.3, 0.4) is 0 Å². The summed E-state index contributed by atoms with van der Waals surface area (Å²) in [5.41, 5.74) is -0.279. The van der Waals surface area contributed by atoms with Crippen LogP contribution in [0.5, 0.6) is 0 Å². The molecule has 1 spiro atoms. The molecule has 0 radical (unpaired) electrons. The molecule has 2 saturated heterocycles. The van der Waals surface area contributed by atoms with Gasteiger partial charge in [0.15, 0.2) is 0 Å². The summed E-state index contributed by atoms with van der Waals surface area (Å²) in [5, 5.41) is 0. The lowest BCUT2D eigenvalue weighted by atomic mass is 9.86. The first-order valence-electron chi connectivity index (χ1n) is 6.75. The zero-order valence-electron chi connectivity index (χ0n) is 11.2. The molecule has 0 aromatic heterocycles. The minimum atomic E-state index is -3.07. The Morgan fingerprint density at radius 3 is 2.72 bits per heavy atom. The molecule has 1 atom stereocenters. The SMILES string of the molecule is CCCS(=O)(=O)N1CC2(C[C@@H](OCC)CCO2)C1. The molecule has 0 bridgehead atoms. The van der Waals surface area contributed by atoms with E-state index in [0.717, 1.165) is 12.8 Å². The van der Waals surface area contributed by atoms with Crippen LogP contribution in [0, 0.1) is 0 Å². The average Bonchev–Trinajstić information content (AvgIpc) is 2.26. The molecular formula is C12H23NO4S. The molecule has 2 rings (SSSR count). The van der Waals surface area contributed by atoms with Crippen LogP contribution in [-0.4, -0.2) is 56.5 Å². The van der Waals surface area contributed by atoms with E-state index in [1.54, 1.807) is 4.31 Å². The molecule has 2 heterocycles. The van der Waals surface area contributed by atoms with Crippen molar-refractivity contribution in [3.05, 3.63) is 0 Å². The zero-order valence-corrected chi connectivity index (χ0v) is 12.0. The van der Waals surface area contributed by atoms with Crippen molar-refractivity contribution in [1.29, 1.82) is 0 Å². The fraction of sp³-hybridized carbons (Fsp3) is 1.00. The summed E-state index contributed by atoms with van der Waals surface area (Å²) >= 11 is 0. The maximum absolute atomic E-state index is 11.9. The van der Waals surface area contributed by atoms with Crippen LogP contribution in [0.15, 0.2) is 0 Å². The molecule has 18 heavy (non-hydrogen) atoms. The predicted octanol–water partition coefficient (Wildman–Crippen LogP) is 0.996. The van der Waals surface area contributed by atoms with Gasteiger partial charge in [-0.25, -0.2) is 8.42 Å². The minimum Gasteiger partial charge on any atom is -0.378 e. The highest BCUT2D eigenvalue weighted by atomic mass is 32.2. The Balaban J connectivity index is 1.90. The van der Waals surface area contributed by atoms with Gasteiger partial charge in [-0.3, -0.25) is 0 Å². The van der Waals surface area contributed by atoms with Gasteiger partial charge in [-0.1, -0.05) is 6.92 Å². The van der Waals surface area contributed by atoms with Gasteiger partial charge in [-0.15, -0.1) is 0 Å². The Kier molecular flexibility index (Phi) is 4.31. The van der Waals surface area contributed by atoms with Gasteiger partial charge < -0.3 is 9.47 Å². The summed E-state index contributed by atoms with van der Waals surface area (Å²) in [6.07, 6.45) is 2.62. The van der Waals surface area contributed by atoms with Gasteiger partial charge in [0.1, 0.15) is 0 Å². The van der Waals surface area contributed by atoms with Gasteiger partial charge in [0.2, 0.25) is 10.0 Å². The van der Waals surface area contributed by atoms with Crippen LogP contribution in [0.4, 0.5) is 0 Å². The Hall–Kier alpha value is -0.170. The summed E-state index contributed by atoms with van der Waals surface area (Å²) in [4.78, 5) is 0. The van der Waals surface area contributed by atoms with Crippen molar-refractivity contribution < 1.29 is 17.9 Å². The normalized spacial score (nSPS) is 28.2. The van der Waals surface area contributed by atoms with Gasteiger partial charge in [0, 0.05) is 32.7 Å². The highest BCUT2D eigenvalue weighted by molar-refractivity contribution is 7.89. The first-order chi connectivity index (χ1) is 8.51. The van der Waals surface area contributed by atoms with Crippen molar-refractivity contribution in [1.82, 2.24) is 4.31 Å². The van der Waals surface area contributed by atoms with Crippen LogP contribution < -0.4 is 0 Å². The van der Waals surface area contributed by atoms with E-state index >= 15 is 0 Å². The molecule has 0 aromatic carbocycles. The fourth-order valence-electron chi connectivity index (χ4n) is 2.76. The quantitative estimate of drug-likeness (QED) is 0.752. The van der Waals surface area contributed by atoms with E-state index in [-0.39, 0.29) is 17.5 Å². The summed E-state index contributed by atoms with van der Waals surface area (Å²) in [6, 6.07) is 0. The summed E-state index contributed by atoms with van der Waals surface area (Å²) in [6.45, 7) is 6.25. The van der Waals surface area contributed by atoms with Crippen molar-refractivity contribution in [2.24, 2.45) is 0 Å². The predicted molar refractivity (Wildman–Crippen MR) is 69.0 cm³/mol. The lowest BCUT2D eigenvalue weighted by Gasteiger charge is -2.52. The first kappa shape index (κ1) is 14.2. The van der Waals surface area contributed by atoms with Gasteiger partial charge >= 0.3 is 0 Å². The highest BCUT2D eigenvalue weighted by Crippen LogP contribution is 2.36. The van der Waals surface area contributed by atoms with Crippen molar-refractivity contribution in [2.75, 3.05) is 32.1 Å². The second-order valence-electron chi connectivity index (χ2n) is 5.19. The molecule has 6 heteroatoms. The number of nitrogens with zero attached hydrogens (tertiary/aromatic N) is 1. The van der Waals surface area contributed by atoms with Crippen molar-refractivity contribution in [3.63, 3.8) is 0 Å². The first-order valence-corrected chi connectivity index (χ1v) is 8.35. The number of rotatable bonds is 5. The zero-order chi connectivity index (χ0) is 13.2. The minimum absolute atomic E-state index is 0.222. The van der Waals surface area contributed by atoms with Gasteiger partial charge in [-0.2, -0.15) is 4.31 Å². The number of hydrogen-bond donors (Lipinski definition) is 0. The topological polar surface area (TPSA) is 55.8 Å². The van der Waals surface area contributed by atoms with E-state index in [4.69, 9.17) is 9.47 Å². The van der Waals surface area contributed by atoms with E-state index in [1.165, 1.54) is 0 Å². The van der Waals surface area contributed by atoms with Crippen molar-refractivity contribution >= 4 is 10.0 Å². The Labute approximate surface area is 109 Å². The maximum Gasteiger partial charge on any atom is 0.214 e. The van der Waals surface area contributed by atoms with E-state index in [1.807, 2.05) is 13.8 Å². The number of ether oxygens (including phenoxy) is 2. The number of sulfonamides is 1. The molecule has 0 saturated carbocycles. The van der Waals surface area contributed by atoms with Crippen molar-refractivity contribution in [2.45, 2.75) is 44.8 Å². The molecule has 0 aromatic rings. The number of hydrogen-bond acceptors (Lipinski definition) is 4. The third-order valence-electron chi connectivity index (χ3n) is 3.63. The highest BCUT2D eigenvalue weighted by Gasteiger charge is 2.51. The molecule has 0 unspecified atom stereocenters. The van der Waals surface area contributed by atoms with Crippen LogP contribution in [0.25, 0.3) is 0 Å². The molecule has 2 aliphatic heterocycles. The Bertz CT molecular complexity index is 374. The average molecular weight is 277 g/mol. The second kappa shape index (κ2) is 5.45. The largest absolute Gasteiger partial charge is 0.378 e. The molecule has 0 N–H and O–H groups in total. The van der Waals surface area contributed by atoms with Crippen LogP contribution in [-0.2, 0) is 19.5 Å². The van der Waals surface area contributed by atoms with Gasteiger partial charge in [-0.05, 0) is 19.8 Å². The monoisotopic (exact) mass is 277 g/mol. The van der Waals surface area contributed by atoms with E-state index in [9.17, 15) is 8.42 Å². The van der Waals surface area contributed by atoms with E-state index in [2.05, 4.69) is 0 Å². The molecular weight excluding hydrogens is 254 g/mol. The standard InChI is InChI=1S/C12H23NO4S/c1-3-7-18(14,15)13-9-12(10-13)8-11(16-4-2)5-6-17-12/h11H,3-10H2,1-2H3/t11-/m0/s1. The maximum atomic E-state index is 11.9. The van der Waals surface area contributed by atoms with Gasteiger partial charge in [0.25, 0.3) is 0 Å². The molecule has 0 aliphatic carbocycles. The molecule has 2 aliphatic rings. The summed E-state index contributed by atoms with van der Waals surface area (Å²) in [7, 11) is -3.07. The van der Waals surface area contributed by atoms with Gasteiger partial charge in [0.05, 0.1) is 17.5 Å². The van der Waals surface area contributed by atoms with Crippen LogP contribution in [0.2, 0.25) is 0 Å². The lowest BCUT2D eigenvalue weighted by Crippen LogP contribution is -2.67. The van der Waals surface area contributed by atoms with E-state index in [0.29, 0.717) is 32.7 Å². The fourth-order valence-corrected chi connectivity index (χ4v) is 4.40. The third-order valence-corrected chi connectivity index (χ3v) is 5.60. The summed E-state index contributed by atoms with van der Waals surface area (Å²) < 4.78 is 36.7. The summed E-state index contributed by atoms with van der Waals surface area (Å²) in [5.74, 6) is 0.234. The molecule has 0 amide bonds. The molecule has 5 nitrogen and oxygen atoms in total. The Morgan fingerprint density at radius 2 is 2.11 bits per heavy atom. The third kappa shape index (κ3) is 2.87.